The number of carboxylic acid groups (broad SMARTS) is 1. The predicted molar refractivity (Wildman–Crippen MR) is 158 cm³/mol. The van der Waals surface area contributed by atoms with Gasteiger partial charge in [-0.3, -0.25) is 9.78 Å². The summed E-state index contributed by atoms with van der Waals surface area (Å²) in [6.45, 7) is 6.05. The highest BCUT2D eigenvalue weighted by molar-refractivity contribution is 6.15. The van der Waals surface area contributed by atoms with Crippen molar-refractivity contribution >= 4 is 47.4 Å². The first kappa shape index (κ1) is 25.9. The Morgan fingerprint density at radius 1 is 1.10 bits per heavy atom. The van der Waals surface area contributed by atoms with Crippen LogP contribution in [0.15, 0.2) is 65.5 Å². The molecule has 3 aromatic heterocycles. The SMILES string of the molecule is [B]C1(C)CCN(c2c(-c3ccc(CNc4ncnc5c4oc4ccccc45)cc3)cnc(C)c2CC(=O)O)CC1. The zero-order chi connectivity index (χ0) is 27.9. The van der Waals surface area contributed by atoms with E-state index in [2.05, 4.69) is 56.4 Å². The molecule has 40 heavy (non-hydrogen) atoms. The summed E-state index contributed by atoms with van der Waals surface area (Å²) in [5.41, 5.74) is 7.63. The van der Waals surface area contributed by atoms with Crippen LogP contribution in [-0.4, -0.2) is 47.0 Å². The molecule has 0 atom stereocenters. The number of piperidine rings is 1. The maximum Gasteiger partial charge on any atom is 0.307 e. The summed E-state index contributed by atoms with van der Waals surface area (Å²) in [6.07, 6.45) is 5.01. The number of fused-ring (bicyclic) bond motifs is 3. The van der Waals surface area contributed by atoms with E-state index >= 15 is 0 Å². The Labute approximate surface area is 233 Å². The smallest absolute Gasteiger partial charge is 0.307 e. The van der Waals surface area contributed by atoms with Crippen LogP contribution < -0.4 is 10.2 Å². The Morgan fingerprint density at radius 3 is 2.60 bits per heavy atom. The van der Waals surface area contributed by atoms with Gasteiger partial charge in [0.1, 0.15) is 17.4 Å². The van der Waals surface area contributed by atoms with Crippen LogP contribution in [-0.2, 0) is 17.8 Å². The molecule has 0 unspecified atom stereocenters. The highest BCUT2D eigenvalue weighted by Crippen LogP contribution is 2.41. The van der Waals surface area contributed by atoms with Crippen LogP contribution in [0.2, 0.25) is 5.31 Å². The van der Waals surface area contributed by atoms with Gasteiger partial charge in [0.25, 0.3) is 0 Å². The number of benzene rings is 2. The number of rotatable bonds is 7. The minimum absolute atomic E-state index is 0.0738. The molecule has 200 valence electrons. The van der Waals surface area contributed by atoms with E-state index < -0.39 is 5.97 Å². The number of para-hydroxylation sites is 1. The number of hydrogen-bond donors (Lipinski definition) is 2. The zero-order valence-corrected chi connectivity index (χ0v) is 22.6. The average molecular weight is 531 g/mol. The first-order valence-corrected chi connectivity index (χ1v) is 13.5. The first-order valence-electron chi connectivity index (χ1n) is 13.5. The van der Waals surface area contributed by atoms with E-state index in [0.29, 0.717) is 17.9 Å². The molecule has 1 fully saturated rings. The number of hydrogen-bond acceptors (Lipinski definition) is 7. The van der Waals surface area contributed by atoms with Gasteiger partial charge in [-0.25, -0.2) is 9.97 Å². The van der Waals surface area contributed by atoms with E-state index in [1.807, 2.05) is 37.4 Å². The third kappa shape index (κ3) is 4.99. The third-order valence-electron chi connectivity index (χ3n) is 7.80. The van der Waals surface area contributed by atoms with E-state index in [9.17, 15) is 9.90 Å². The third-order valence-corrected chi connectivity index (χ3v) is 7.80. The molecular weight excluding hydrogens is 501 g/mol. The molecule has 2 aromatic carbocycles. The number of nitrogens with one attached hydrogen (secondary N) is 1. The van der Waals surface area contributed by atoms with Crippen molar-refractivity contribution < 1.29 is 14.3 Å². The van der Waals surface area contributed by atoms with Crippen molar-refractivity contribution in [3.8, 4) is 11.1 Å². The molecular formula is C31H30BN5O3. The molecule has 0 amide bonds. The number of furan rings is 1. The van der Waals surface area contributed by atoms with Gasteiger partial charge in [0, 0.05) is 48.0 Å². The Morgan fingerprint density at radius 2 is 1.85 bits per heavy atom. The molecule has 1 aliphatic heterocycles. The van der Waals surface area contributed by atoms with Crippen molar-refractivity contribution in [2.24, 2.45) is 0 Å². The second kappa shape index (κ2) is 10.3. The fraction of sp³-hybridized carbons (Fsp3) is 0.290. The molecule has 6 rings (SSSR count). The van der Waals surface area contributed by atoms with E-state index in [-0.39, 0.29) is 11.7 Å². The molecule has 0 aliphatic carbocycles. The molecule has 0 bridgehead atoms. The van der Waals surface area contributed by atoms with Gasteiger partial charge in [-0.15, -0.1) is 0 Å². The lowest BCUT2D eigenvalue weighted by Gasteiger charge is -2.40. The number of aromatic nitrogens is 3. The van der Waals surface area contributed by atoms with Crippen LogP contribution in [0.1, 0.15) is 36.6 Å². The van der Waals surface area contributed by atoms with Gasteiger partial charge in [-0.05, 0) is 43.0 Å². The molecule has 5 aromatic rings. The van der Waals surface area contributed by atoms with Gasteiger partial charge < -0.3 is 19.7 Å². The molecule has 1 saturated heterocycles. The average Bonchev–Trinajstić information content (AvgIpc) is 3.33. The zero-order valence-electron chi connectivity index (χ0n) is 22.6. The maximum absolute atomic E-state index is 11.8. The highest BCUT2D eigenvalue weighted by Gasteiger charge is 2.29. The van der Waals surface area contributed by atoms with Gasteiger partial charge in [0.15, 0.2) is 11.4 Å². The predicted octanol–water partition coefficient (Wildman–Crippen LogP) is 5.93. The van der Waals surface area contributed by atoms with Gasteiger partial charge in [-0.1, -0.05) is 48.6 Å². The number of aliphatic carboxylic acids is 1. The van der Waals surface area contributed by atoms with Crippen LogP contribution in [0, 0.1) is 6.92 Å². The van der Waals surface area contributed by atoms with Crippen LogP contribution in [0.3, 0.4) is 0 Å². The second-order valence-electron chi connectivity index (χ2n) is 10.8. The van der Waals surface area contributed by atoms with E-state index in [1.165, 1.54) is 0 Å². The molecule has 1 aliphatic rings. The molecule has 0 spiro atoms. The van der Waals surface area contributed by atoms with Crippen molar-refractivity contribution in [2.45, 2.75) is 45.0 Å². The van der Waals surface area contributed by atoms with Crippen LogP contribution in [0.25, 0.3) is 33.2 Å². The molecule has 2 radical (unpaired) electrons. The largest absolute Gasteiger partial charge is 0.481 e. The summed E-state index contributed by atoms with van der Waals surface area (Å²) in [4.78, 5) is 27.5. The second-order valence-corrected chi connectivity index (χ2v) is 10.8. The monoisotopic (exact) mass is 531 g/mol. The Balaban J connectivity index is 1.28. The number of nitrogens with zero attached hydrogens (tertiary/aromatic N) is 4. The minimum atomic E-state index is -0.867. The Hall–Kier alpha value is -4.40. The number of carboxylic acids is 1. The quantitative estimate of drug-likeness (QED) is 0.249. The number of carbonyl (C=O) groups is 1. The molecule has 8 nitrogen and oxygen atoms in total. The molecule has 9 heteroatoms. The first-order chi connectivity index (χ1) is 19.3. The molecule has 4 heterocycles. The maximum atomic E-state index is 11.8. The lowest BCUT2D eigenvalue weighted by Crippen LogP contribution is -2.37. The summed E-state index contributed by atoms with van der Waals surface area (Å²) >= 11 is 0. The number of pyridine rings is 1. The fourth-order valence-electron chi connectivity index (χ4n) is 5.45. The summed E-state index contributed by atoms with van der Waals surface area (Å²) < 4.78 is 6.03. The lowest BCUT2D eigenvalue weighted by molar-refractivity contribution is -0.136. The van der Waals surface area contributed by atoms with Gasteiger partial charge in [0.05, 0.1) is 20.0 Å². The summed E-state index contributed by atoms with van der Waals surface area (Å²) in [5, 5.41) is 13.8. The standard InChI is InChI=1S/C31H30BN5O3/c1-19-23(15-26(38)39)28(37-13-11-31(2,32)12-14-37)24(17-33-19)21-9-7-20(8-10-21)16-34-30-29-27(35-18-36-30)22-5-3-4-6-25(22)40-29/h3-10,17-18H,11-16H2,1-2H3,(H,38,39)(H,34,35,36). The van der Waals surface area contributed by atoms with Gasteiger partial charge >= 0.3 is 5.97 Å². The van der Waals surface area contributed by atoms with Crippen LogP contribution in [0.4, 0.5) is 11.5 Å². The van der Waals surface area contributed by atoms with E-state index in [1.54, 1.807) is 6.33 Å². The summed E-state index contributed by atoms with van der Waals surface area (Å²) in [5.74, 6) is -0.223. The highest BCUT2D eigenvalue weighted by atomic mass is 16.4. The van der Waals surface area contributed by atoms with E-state index in [4.69, 9.17) is 12.3 Å². The van der Waals surface area contributed by atoms with Crippen molar-refractivity contribution in [1.82, 2.24) is 15.0 Å². The van der Waals surface area contributed by atoms with Crippen molar-refractivity contribution in [2.75, 3.05) is 23.3 Å². The summed E-state index contributed by atoms with van der Waals surface area (Å²) in [7, 11) is 6.40. The summed E-state index contributed by atoms with van der Waals surface area (Å²) in [6, 6.07) is 16.1. The Bertz CT molecular complexity index is 1700. The van der Waals surface area contributed by atoms with Crippen LogP contribution in [0.5, 0.6) is 0 Å². The minimum Gasteiger partial charge on any atom is -0.481 e. The number of aryl methyl sites for hydroxylation is 1. The van der Waals surface area contributed by atoms with Gasteiger partial charge in [0.2, 0.25) is 0 Å². The van der Waals surface area contributed by atoms with Crippen molar-refractivity contribution in [3.05, 3.63) is 77.9 Å². The normalized spacial score (nSPS) is 15.0. The van der Waals surface area contributed by atoms with Crippen molar-refractivity contribution in [1.29, 1.82) is 0 Å². The topological polar surface area (TPSA) is 104 Å². The lowest BCUT2D eigenvalue weighted by atomic mass is 9.64. The van der Waals surface area contributed by atoms with E-state index in [0.717, 1.165) is 76.1 Å². The van der Waals surface area contributed by atoms with Gasteiger partial charge in [-0.2, -0.15) is 0 Å². The molecule has 2 N–H and O–H groups in total. The van der Waals surface area contributed by atoms with Crippen molar-refractivity contribution in [3.63, 3.8) is 0 Å². The fourth-order valence-corrected chi connectivity index (χ4v) is 5.45. The van der Waals surface area contributed by atoms with Crippen LogP contribution >= 0.6 is 0 Å². The Kier molecular flexibility index (Phi) is 6.66. The molecule has 0 saturated carbocycles. The number of anilines is 2.